The van der Waals surface area contributed by atoms with Crippen LogP contribution in [0, 0.1) is 11.8 Å². The molecule has 0 aliphatic heterocycles. The number of ether oxygens (including phenoxy) is 1. The van der Waals surface area contributed by atoms with Crippen molar-refractivity contribution in [1.29, 1.82) is 0 Å². The van der Waals surface area contributed by atoms with Gasteiger partial charge in [-0.25, -0.2) is 0 Å². The minimum absolute atomic E-state index is 0.00750. The molecule has 0 amide bonds. The Hall–Kier alpha value is -1.38. The van der Waals surface area contributed by atoms with Gasteiger partial charge in [-0.3, -0.25) is 9.59 Å². The van der Waals surface area contributed by atoms with E-state index < -0.39 is 5.92 Å². The van der Waals surface area contributed by atoms with Gasteiger partial charge in [-0.2, -0.15) is 0 Å². The Bertz CT molecular complexity index is 355. The molecule has 19 heavy (non-hydrogen) atoms. The lowest BCUT2D eigenvalue weighted by molar-refractivity contribution is -0.153. The van der Waals surface area contributed by atoms with E-state index in [0.29, 0.717) is 19.4 Å². The molecule has 0 saturated heterocycles. The van der Waals surface area contributed by atoms with Crippen molar-refractivity contribution in [2.75, 3.05) is 6.61 Å². The average Bonchev–Trinajstić information content (AvgIpc) is 2.41. The van der Waals surface area contributed by atoms with Crippen LogP contribution in [0.4, 0.5) is 0 Å². The molecule has 1 rings (SSSR count). The lowest BCUT2D eigenvalue weighted by Crippen LogP contribution is -2.33. The van der Waals surface area contributed by atoms with Gasteiger partial charge in [0.1, 0.15) is 11.7 Å². The molecule has 0 fully saturated rings. The summed E-state index contributed by atoms with van der Waals surface area (Å²) in [5.41, 5.74) is 0. The maximum atomic E-state index is 12.3. The monoisotopic (exact) mass is 264 g/mol. The molecule has 1 aliphatic carbocycles. The van der Waals surface area contributed by atoms with E-state index in [1.165, 1.54) is 0 Å². The second-order valence-electron chi connectivity index (χ2n) is 4.83. The number of esters is 1. The van der Waals surface area contributed by atoms with Crippen molar-refractivity contribution >= 4 is 11.8 Å². The Morgan fingerprint density at radius 3 is 2.84 bits per heavy atom. The van der Waals surface area contributed by atoms with Crippen LogP contribution in [0.5, 0.6) is 0 Å². The van der Waals surface area contributed by atoms with Crippen LogP contribution in [-0.4, -0.2) is 18.4 Å². The van der Waals surface area contributed by atoms with E-state index in [-0.39, 0.29) is 17.7 Å². The summed E-state index contributed by atoms with van der Waals surface area (Å²) in [6.45, 7) is 4.03. The molecule has 3 nitrogen and oxygen atoms in total. The molecule has 0 aromatic heterocycles. The van der Waals surface area contributed by atoms with Gasteiger partial charge in [-0.15, -0.1) is 0 Å². The highest BCUT2D eigenvalue weighted by Crippen LogP contribution is 2.27. The van der Waals surface area contributed by atoms with E-state index in [1.54, 1.807) is 6.92 Å². The van der Waals surface area contributed by atoms with E-state index in [9.17, 15) is 9.59 Å². The Morgan fingerprint density at radius 1 is 1.47 bits per heavy atom. The number of rotatable bonds is 7. The van der Waals surface area contributed by atoms with Crippen LogP contribution in [-0.2, 0) is 14.3 Å². The highest BCUT2D eigenvalue weighted by molar-refractivity contribution is 5.99. The van der Waals surface area contributed by atoms with Gasteiger partial charge in [-0.05, 0) is 45.4 Å². The molecule has 0 saturated carbocycles. The van der Waals surface area contributed by atoms with E-state index in [2.05, 4.69) is 6.08 Å². The quantitative estimate of drug-likeness (QED) is 0.402. The SMILES string of the molecule is C/C=C/CCC(=O)C(C(=O)OCC)C1C=CCCC1. The van der Waals surface area contributed by atoms with E-state index >= 15 is 0 Å². The van der Waals surface area contributed by atoms with Gasteiger partial charge in [-0.1, -0.05) is 24.3 Å². The number of hydrogen-bond donors (Lipinski definition) is 0. The molecule has 0 heterocycles. The van der Waals surface area contributed by atoms with Crippen molar-refractivity contribution in [3.05, 3.63) is 24.3 Å². The molecule has 2 atom stereocenters. The number of carbonyl (C=O) groups is 2. The summed E-state index contributed by atoms with van der Waals surface area (Å²) in [7, 11) is 0. The summed E-state index contributed by atoms with van der Waals surface area (Å²) in [6, 6.07) is 0. The van der Waals surface area contributed by atoms with Crippen LogP contribution in [0.3, 0.4) is 0 Å². The minimum Gasteiger partial charge on any atom is -0.465 e. The van der Waals surface area contributed by atoms with Crippen LogP contribution < -0.4 is 0 Å². The maximum Gasteiger partial charge on any atom is 0.317 e. The van der Waals surface area contributed by atoms with Crippen LogP contribution in [0.1, 0.15) is 46.0 Å². The topological polar surface area (TPSA) is 43.4 Å². The normalized spacial score (nSPS) is 20.4. The molecule has 2 unspecified atom stereocenters. The Balaban J connectivity index is 2.72. The minimum atomic E-state index is -0.609. The fourth-order valence-corrected chi connectivity index (χ4v) is 2.44. The number of carbonyl (C=O) groups excluding carboxylic acids is 2. The van der Waals surface area contributed by atoms with Crippen molar-refractivity contribution in [2.45, 2.75) is 46.0 Å². The lowest BCUT2D eigenvalue weighted by Gasteiger charge is -2.24. The van der Waals surface area contributed by atoms with Gasteiger partial charge < -0.3 is 4.74 Å². The molecule has 0 aromatic carbocycles. The predicted molar refractivity (Wildman–Crippen MR) is 75.7 cm³/mol. The van der Waals surface area contributed by atoms with Crippen molar-refractivity contribution in [1.82, 2.24) is 0 Å². The Morgan fingerprint density at radius 2 is 2.26 bits per heavy atom. The predicted octanol–water partition coefficient (Wildman–Crippen LogP) is 3.45. The smallest absolute Gasteiger partial charge is 0.317 e. The van der Waals surface area contributed by atoms with Gasteiger partial charge in [0.25, 0.3) is 0 Å². The van der Waals surface area contributed by atoms with E-state index in [0.717, 1.165) is 19.3 Å². The first-order valence-electron chi connectivity index (χ1n) is 7.17. The lowest BCUT2D eigenvalue weighted by atomic mass is 9.81. The standard InChI is InChI=1S/C16H24O3/c1-3-5-7-12-14(17)15(16(18)19-4-2)13-10-8-6-9-11-13/h3,5,8,10,13,15H,4,6-7,9,11-12H2,1-2H3/b5-3+. The summed E-state index contributed by atoms with van der Waals surface area (Å²) >= 11 is 0. The van der Waals surface area contributed by atoms with Gasteiger partial charge in [0.2, 0.25) is 0 Å². The van der Waals surface area contributed by atoms with Crippen molar-refractivity contribution in [3.8, 4) is 0 Å². The molecule has 1 aliphatic rings. The Labute approximate surface area is 115 Å². The first-order chi connectivity index (χ1) is 9.20. The number of allylic oxidation sites excluding steroid dienone is 4. The molecule has 0 bridgehead atoms. The number of ketones is 1. The average molecular weight is 264 g/mol. The third-order valence-electron chi connectivity index (χ3n) is 3.40. The van der Waals surface area contributed by atoms with Gasteiger partial charge in [0.05, 0.1) is 6.61 Å². The van der Waals surface area contributed by atoms with Crippen LogP contribution in [0.25, 0.3) is 0 Å². The van der Waals surface area contributed by atoms with Crippen LogP contribution >= 0.6 is 0 Å². The van der Waals surface area contributed by atoms with E-state index in [1.807, 2.05) is 25.2 Å². The fraction of sp³-hybridized carbons (Fsp3) is 0.625. The number of Topliss-reactive ketones (excluding diaryl/α,β-unsaturated/α-hetero) is 1. The Kier molecular flexibility index (Phi) is 7.16. The van der Waals surface area contributed by atoms with E-state index in [4.69, 9.17) is 4.74 Å². The summed E-state index contributed by atoms with van der Waals surface area (Å²) in [4.78, 5) is 24.3. The summed E-state index contributed by atoms with van der Waals surface area (Å²) < 4.78 is 5.07. The first kappa shape index (κ1) is 15.7. The summed E-state index contributed by atoms with van der Waals surface area (Å²) in [5, 5.41) is 0. The van der Waals surface area contributed by atoms with Gasteiger partial charge in [0.15, 0.2) is 0 Å². The zero-order valence-corrected chi connectivity index (χ0v) is 11.9. The molecule has 106 valence electrons. The van der Waals surface area contributed by atoms with Crippen molar-refractivity contribution in [3.63, 3.8) is 0 Å². The van der Waals surface area contributed by atoms with Crippen LogP contribution in [0.15, 0.2) is 24.3 Å². The fourth-order valence-electron chi connectivity index (χ4n) is 2.44. The first-order valence-corrected chi connectivity index (χ1v) is 7.17. The largest absolute Gasteiger partial charge is 0.465 e. The van der Waals surface area contributed by atoms with Crippen molar-refractivity contribution in [2.24, 2.45) is 11.8 Å². The summed E-state index contributed by atoms with van der Waals surface area (Å²) in [5.74, 6) is -0.940. The molecule has 0 spiro atoms. The van der Waals surface area contributed by atoms with Crippen molar-refractivity contribution < 1.29 is 14.3 Å². The second kappa shape index (κ2) is 8.68. The van der Waals surface area contributed by atoms with Gasteiger partial charge >= 0.3 is 5.97 Å². The van der Waals surface area contributed by atoms with Crippen LogP contribution in [0.2, 0.25) is 0 Å². The third-order valence-corrected chi connectivity index (χ3v) is 3.40. The summed E-state index contributed by atoms with van der Waals surface area (Å²) in [6.07, 6.45) is 12.1. The highest BCUT2D eigenvalue weighted by Gasteiger charge is 2.34. The molecule has 0 aromatic rings. The highest BCUT2D eigenvalue weighted by atomic mass is 16.5. The zero-order chi connectivity index (χ0) is 14.1. The molecule has 0 N–H and O–H groups in total. The second-order valence-corrected chi connectivity index (χ2v) is 4.83. The zero-order valence-electron chi connectivity index (χ0n) is 11.9. The molecule has 0 radical (unpaired) electrons. The molecule has 3 heteroatoms. The van der Waals surface area contributed by atoms with Gasteiger partial charge in [0, 0.05) is 6.42 Å². The molecular formula is C16H24O3. The molecular weight excluding hydrogens is 240 g/mol. The number of hydrogen-bond acceptors (Lipinski definition) is 3. The maximum absolute atomic E-state index is 12.3. The third kappa shape index (κ3) is 5.01.